The number of rotatable bonds is 3. The summed E-state index contributed by atoms with van der Waals surface area (Å²) < 4.78 is 39.6. The third-order valence-corrected chi connectivity index (χ3v) is 5.77. The van der Waals surface area contributed by atoms with Crippen molar-refractivity contribution in [1.82, 2.24) is 14.7 Å². The van der Waals surface area contributed by atoms with Crippen LogP contribution < -0.4 is 5.32 Å². The quantitative estimate of drug-likeness (QED) is 0.821. The zero-order chi connectivity index (χ0) is 20.1. The molecule has 1 aromatic carbocycles. The number of amides is 2. The number of benzene rings is 1. The average molecular weight is 392 g/mol. The first-order valence-corrected chi connectivity index (χ1v) is 9.46. The maximum absolute atomic E-state index is 12.7. The van der Waals surface area contributed by atoms with Gasteiger partial charge in [0, 0.05) is 43.0 Å². The van der Waals surface area contributed by atoms with Gasteiger partial charge in [-0.15, -0.1) is 0 Å². The molecule has 0 radical (unpaired) electrons. The SMILES string of the molecule is Cc1ccc(NC(=O)N2C3CC(CC(F)(F)F)C[C@H]2C3)cc1-c1ccn(C)n1. The molecule has 28 heavy (non-hydrogen) atoms. The molecule has 2 bridgehead atoms. The van der Waals surface area contributed by atoms with Crippen molar-refractivity contribution in [3.8, 4) is 11.3 Å². The molecule has 150 valence electrons. The van der Waals surface area contributed by atoms with Crippen molar-refractivity contribution in [3.05, 3.63) is 36.0 Å². The second-order valence-electron chi connectivity index (χ2n) is 7.94. The van der Waals surface area contributed by atoms with Crippen molar-refractivity contribution in [1.29, 1.82) is 0 Å². The van der Waals surface area contributed by atoms with E-state index in [0.29, 0.717) is 18.5 Å². The number of hydrogen-bond donors (Lipinski definition) is 1. The van der Waals surface area contributed by atoms with Crippen LogP contribution in [0.25, 0.3) is 11.3 Å². The van der Waals surface area contributed by atoms with E-state index in [1.54, 1.807) is 9.58 Å². The summed E-state index contributed by atoms with van der Waals surface area (Å²) in [7, 11) is 1.85. The summed E-state index contributed by atoms with van der Waals surface area (Å²) in [6.45, 7) is 1.98. The molecule has 0 spiro atoms. The normalized spacial score (nSPS) is 24.0. The number of alkyl halides is 3. The number of nitrogens with one attached hydrogen (secondary N) is 1. The Morgan fingerprint density at radius 2 is 1.93 bits per heavy atom. The van der Waals surface area contributed by atoms with Crippen molar-refractivity contribution in [2.75, 3.05) is 5.32 Å². The number of urea groups is 1. The fraction of sp³-hybridized carbons (Fsp3) is 0.500. The lowest BCUT2D eigenvalue weighted by Crippen LogP contribution is -2.64. The monoisotopic (exact) mass is 392 g/mol. The number of fused-ring (bicyclic) bond motifs is 2. The smallest absolute Gasteiger partial charge is 0.318 e. The summed E-state index contributed by atoms with van der Waals surface area (Å²) >= 11 is 0. The number of halogens is 3. The Morgan fingerprint density at radius 1 is 1.21 bits per heavy atom. The van der Waals surface area contributed by atoms with E-state index in [0.717, 1.165) is 23.2 Å². The van der Waals surface area contributed by atoms with Gasteiger partial charge in [0.15, 0.2) is 0 Å². The first-order valence-electron chi connectivity index (χ1n) is 9.46. The van der Waals surface area contributed by atoms with E-state index in [1.807, 2.05) is 44.4 Å². The van der Waals surface area contributed by atoms with Crippen LogP contribution in [-0.4, -0.2) is 39.0 Å². The van der Waals surface area contributed by atoms with Crippen LogP contribution in [0.15, 0.2) is 30.5 Å². The highest BCUT2D eigenvalue weighted by atomic mass is 19.4. The molecule has 2 unspecified atom stereocenters. The van der Waals surface area contributed by atoms with E-state index in [-0.39, 0.29) is 24.0 Å². The highest BCUT2D eigenvalue weighted by molar-refractivity contribution is 5.91. The van der Waals surface area contributed by atoms with E-state index in [2.05, 4.69) is 10.4 Å². The molecule has 2 aliphatic rings. The summed E-state index contributed by atoms with van der Waals surface area (Å²) in [6, 6.07) is 7.14. The predicted octanol–water partition coefficient (Wildman–Crippen LogP) is 4.73. The van der Waals surface area contributed by atoms with E-state index < -0.39 is 12.6 Å². The molecule has 2 saturated heterocycles. The number of aromatic nitrogens is 2. The minimum Gasteiger partial charge on any atom is -0.318 e. The Morgan fingerprint density at radius 3 is 2.54 bits per heavy atom. The van der Waals surface area contributed by atoms with Gasteiger partial charge in [0.1, 0.15) is 0 Å². The number of hydrogen-bond acceptors (Lipinski definition) is 2. The van der Waals surface area contributed by atoms with E-state index >= 15 is 0 Å². The Kier molecular flexibility index (Phi) is 4.59. The van der Waals surface area contributed by atoms with Crippen molar-refractivity contribution in [2.45, 2.75) is 50.9 Å². The van der Waals surface area contributed by atoms with Gasteiger partial charge in [0.25, 0.3) is 0 Å². The molecule has 1 N–H and O–H groups in total. The Labute approximate surface area is 161 Å². The van der Waals surface area contributed by atoms with Gasteiger partial charge < -0.3 is 10.2 Å². The standard InChI is InChI=1S/C20H23F3N4O/c1-12-3-4-14(9-17(12)18-5-6-26(2)25-18)24-19(28)27-15-7-13(8-16(27)10-15)11-20(21,22)23/h3-6,9,13,15-16H,7-8,10-11H2,1-2H3,(H,24,28)/t13?,15-,16?/m0/s1. The zero-order valence-electron chi connectivity index (χ0n) is 15.8. The molecule has 1 aromatic heterocycles. The third kappa shape index (κ3) is 3.72. The minimum atomic E-state index is -4.13. The molecule has 2 aliphatic heterocycles. The summed E-state index contributed by atoms with van der Waals surface area (Å²) in [4.78, 5) is 14.4. The second kappa shape index (κ2) is 6.83. The Hall–Kier alpha value is -2.51. The molecule has 2 aromatic rings. The highest BCUT2D eigenvalue weighted by Gasteiger charge is 2.49. The molecular formula is C20H23F3N4O. The van der Waals surface area contributed by atoms with Crippen LogP contribution in [0.2, 0.25) is 0 Å². The fourth-order valence-electron chi connectivity index (χ4n) is 4.53. The van der Waals surface area contributed by atoms with E-state index in [4.69, 9.17) is 0 Å². The molecular weight excluding hydrogens is 369 g/mol. The average Bonchev–Trinajstić information content (AvgIpc) is 3.01. The van der Waals surface area contributed by atoms with Crippen LogP contribution in [0.1, 0.15) is 31.2 Å². The molecule has 2 amide bonds. The van der Waals surface area contributed by atoms with Gasteiger partial charge in [0.05, 0.1) is 5.69 Å². The molecule has 8 heteroatoms. The van der Waals surface area contributed by atoms with E-state index in [1.165, 1.54) is 0 Å². The van der Waals surface area contributed by atoms with Gasteiger partial charge in [0.2, 0.25) is 0 Å². The van der Waals surface area contributed by atoms with Crippen molar-refractivity contribution in [3.63, 3.8) is 0 Å². The first kappa shape index (κ1) is 18.8. The van der Waals surface area contributed by atoms with Crippen LogP contribution in [0.4, 0.5) is 23.7 Å². The second-order valence-corrected chi connectivity index (χ2v) is 7.94. The molecule has 4 rings (SSSR count). The summed E-state index contributed by atoms with van der Waals surface area (Å²) in [5.41, 5.74) is 3.47. The predicted molar refractivity (Wildman–Crippen MR) is 99.8 cm³/mol. The van der Waals surface area contributed by atoms with Gasteiger partial charge in [-0.25, -0.2) is 4.79 Å². The number of carbonyl (C=O) groups excluding carboxylic acids is 1. The number of nitrogens with zero attached hydrogens (tertiary/aromatic N) is 3. The highest BCUT2D eigenvalue weighted by Crippen LogP contribution is 2.45. The maximum Gasteiger partial charge on any atom is 0.389 e. The number of piperidine rings is 1. The van der Waals surface area contributed by atoms with E-state index in [9.17, 15) is 18.0 Å². The largest absolute Gasteiger partial charge is 0.389 e. The lowest BCUT2D eigenvalue weighted by molar-refractivity contribution is -0.155. The maximum atomic E-state index is 12.7. The number of aryl methyl sites for hydroxylation is 2. The summed E-state index contributed by atoms with van der Waals surface area (Å²) in [5.74, 6) is -0.372. The van der Waals surface area contributed by atoms with Crippen LogP contribution in [0, 0.1) is 12.8 Å². The third-order valence-electron chi connectivity index (χ3n) is 5.77. The molecule has 3 atom stereocenters. The fourth-order valence-corrected chi connectivity index (χ4v) is 4.53. The van der Waals surface area contributed by atoms with Crippen molar-refractivity contribution >= 4 is 11.7 Å². The molecule has 5 nitrogen and oxygen atoms in total. The van der Waals surface area contributed by atoms with Crippen LogP contribution in [-0.2, 0) is 7.05 Å². The lowest BCUT2D eigenvalue weighted by atomic mass is 9.72. The Balaban J connectivity index is 1.43. The zero-order valence-corrected chi connectivity index (χ0v) is 15.8. The lowest BCUT2D eigenvalue weighted by Gasteiger charge is -2.55. The molecule has 2 fully saturated rings. The molecule has 0 saturated carbocycles. The topological polar surface area (TPSA) is 50.2 Å². The summed E-state index contributed by atoms with van der Waals surface area (Å²) in [6.07, 6.45) is -1.37. The van der Waals surface area contributed by atoms with Crippen molar-refractivity contribution in [2.24, 2.45) is 13.0 Å². The molecule has 3 heterocycles. The number of anilines is 1. The van der Waals surface area contributed by atoms with Gasteiger partial charge in [-0.2, -0.15) is 18.3 Å². The van der Waals surface area contributed by atoms with Crippen LogP contribution in [0.3, 0.4) is 0 Å². The first-order chi connectivity index (χ1) is 13.2. The summed E-state index contributed by atoms with van der Waals surface area (Å²) in [5, 5.41) is 7.32. The Bertz CT molecular complexity index is 880. The van der Waals surface area contributed by atoms with Gasteiger partial charge >= 0.3 is 12.2 Å². The minimum absolute atomic E-state index is 0.0909. The molecule has 0 aliphatic carbocycles. The van der Waals surface area contributed by atoms with Crippen LogP contribution in [0.5, 0.6) is 0 Å². The van der Waals surface area contributed by atoms with Crippen LogP contribution >= 0.6 is 0 Å². The number of carbonyl (C=O) groups is 1. The van der Waals surface area contributed by atoms with Gasteiger partial charge in [-0.05, 0) is 55.9 Å². The van der Waals surface area contributed by atoms with Gasteiger partial charge in [-0.1, -0.05) is 6.07 Å². The van der Waals surface area contributed by atoms with Gasteiger partial charge in [-0.3, -0.25) is 4.68 Å². The van der Waals surface area contributed by atoms with Crippen molar-refractivity contribution < 1.29 is 18.0 Å².